The number of piperidine rings is 1. The number of rotatable bonds is 2. The second-order valence-corrected chi connectivity index (χ2v) is 5.96. The number of anilines is 1. The number of pyridine rings is 1. The molecule has 1 saturated heterocycles. The molecule has 0 aromatic carbocycles. The van der Waals surface area contributed by atoms with Crippen LogP contribution in [0.3, 0.4) is 0 Å². The SMILES string of the molecule is Nc1ccncc1S(=O)(=O)N1CCC(O)CC1. The molecule has 0 bridgehead atoms. The van der Waals surface area contributed by atoms with Crippen LogP contribution in [0.4, 0.5) is 5.69 Å². The van der Waals surface area contributed by atoms with Gasteiger partial charge in [0.2, 0.25) is 10.0 Å². The molecule has 0 aliphatic carbocycles. The van der Waals surface area contributed by atoms with E-state index in [1.807, 2.05) is 0 Å². The van der Waals surface area contributed by atoms with Crippen molar-refractivity contribution in [2.75, 3.05) is 18.8 Å². The van der Waals surface area contributed by atoms with Gasteiger partial charge < -0.3 is 10.8 Å². The summed E-state index contributed by atoms with van der Waals surface area (Å²) in [5.41, 5.74) is 5.85. The quantitative estimate of drug-likeness (QED) is 0.765. The molecule has 3 N–H and O–H groups in total. The lowest BCUT2D eigenvalue weighted by molar-refractivity contribution is 0.113. The number of nitrogen functional groups attached to an aromatic ring is 1. The lowest BCUT2D eigenvalue weighted by Crippen LogP contribution is -2.40. The van der Waals surface area contributed by atoms with Crippen LogP contribution in [0.1, 0.15) is 12.8 Å². The van der Waals surface area contributed by atoms with Crippen molar-refractivity contribution in [1.82, 2.24) is 9.29 Å². The number of aromatic nitrogens is 1. The lowest BCUT2D eigenvalue weighted by Gasteiger charge is -2.28. The van der Waals surface area contributed by atoms with E-state index in [0.717, 1.165) is 0 Å². The maximum Gasteiger partial charge on any atom is 0.246 e. The molecule has 1 aromatic rings. The van der Waals surface area contributed by atoms with Crippen molar-refractivity contribution in [3.8, 4) is 0 Å². The molecule has 6 nitrogen and oxygen atoms in total. The standard InChI is InChI=1S/C10H15N3O3S/c11-9-1-4-12-7-10(9)17(15,16)13-5-2-8(14)3-6-13/h1,4,7-8,14H,2-3,5-6H2,(H2,11,12). The Morgan fingerprint density at radius 3 is 2.65 bits per heavy atom. The molecule has 1 aliphatic rings. The molecular formula is C10H15N3O3S. The summed E-state index contributed by atoms with van der Waals surface area (Å²) in [6, 6.07) is 1.46. The average Bonchev–Trinajstić information content (AvgIpc) is 2.30. The van der Waals surface area contributed by atoms with Crippen LogP contribution in [0.25, 0.3) is 0 Å². The molecule has 1 aromatic heterocycles. The van der Waals surface area contributed by atoms with E-state index in [1.54, 1.807) is 0 Å². The zero-order valence-corrected chi connectivity index (χ0v) is 10.1. The van der Waals surface area contributed by atoms with Crippen molar-refractivity contribution < 1.29 is 13.5 Å². The Kier molecular flexibility index (Phi) is 3.32. The van der Waals surface area contributed by atoms with Crippen molar-refractivity contribution in [2.45, 2.75) is 23.8 Å². The highest BCUT2D eigenvalue weighted by molar-refractivity contribution is 7.89. The smallest absolute Gasteiger partial charge is 0.246 e. The maximum absolute atomic E-state index is 12.2. The van der Waals surface area contributed by atoms with Gasteiger partial charge >= 0.3 is 0 Å². The van der Waals surface area contributed by atoms with E-state index in [2.05, 4.69) is 4.98 Å². The van der Waals surface area contributed by atoms with Crippen molar-refractivity contribution in [1.29, 1.82) is 0 Å². The summed E-state index contributed by atoms with van der Waals surface area (Å²) in [5.74, 6) is 0. The minimum atomic E-state index is -3.58. The highest BCUT2D eigenvalue weighted by atomic mass is 32.2. The summed E-state index contributed by atoms with van der Waals surface area (Å²) in [6.07, 6.45) is 3.22. The second kappa shape index (κ2) is 4.59. The third-order valence-electron chi connectivity index (χ3n) is 2.86. The van der Waals surface area contributed by atoms with Gasteiger partial charge in [0.1, 0.15) is 4.90 Å². The van der Waals surface area contributed by atoms with E-state index in [-0.39, 0.29) is 10.6 Å². The van der Waals surface area contributed by atoms with E-state index in [4.69, 9.17) is 5.73 Å². The average molecular weight is 257 g/mol. The molecule has 2 rings (SSSR count). The first-order valence-electron chi connectivity index (χ1n) is 5.39. The Morgan fingerprint density at radius 2 is 2.06 bits per heavy atom. The number of nitrogens with zero attached hydrogens (tertiary/aromatic N) is 2. The number of nitrogens with two attached hydrogens (primary N) is 1. The van der Waals surface area contributed by atoms with Gasteiger partial charge in [-0.3, -0.25) is 4.98 Å². The van der Waals surface area contributed by atoms with Crippen LogP contribution in [-0.4, -0.2) is 42.0 Å². The third-order valence-corrected chi connectivity index (χ3v) is 4.80. The van der Waals surface area contributed by atoms with Crippen LogP contribution in [0, 0.1) is 0 Å². The Bertz CT molecular complexity index is 495. The molecule has 94 valence electrons. The number of hydrogen-bond donors (Lipinski definition) is 2. The molecular weight excluding hydrogens is 242 g/mol. The van der Waals surface area contributed by atoms with Gasteiger partial charge in [-0.25, -0.2) is 8.42 Å². The molecule has 0 radical (unpaired) electrons. The molecule has 0 amide bonds. The fraction of sp³-hybridized carbons (Fsp3) is 0.500. The summed E-state index contributed by atoms with van der Waals surface area (Å²) >= 11 is 0. The Balaban J connectivity index is 2.28. The summed E-state index contributed by atoms with van der Waals surface area (Å²) in [4.78, 5) is 3.82. The molecule has 2 heterocycles. The normalized spacial score (nSPS) is 19.4. The maximum atomic E-state index is 12.2. The predicted octanol–water partition coefficient (Wildman–Crippen LogP) is -0.191. The number of hydrogen-bond acceptors (Lipinski definition) is 5. The second-order valence-electron chi connectivity index (χ2n) is 4.05. The fourth-order valence-corrected chi connectivity index (χ4v) is 3.36. The molecule has 0 spiro atoms. The van der Waals surface area contributed by atoms with E-state index < -0.39 is 16.1 Å². The van der Waals surface area contributed by atoms with Crippen molar-refractivity contribution in [3.63, 3.8) is 0 Å². The molecule has 0 saturated carbocycles. The van der Waals surface area contributed by atoms with Crippen LogP contribution in [-0.2, 0) is 10.0 Å². The Morgan fingerprint density at radius 1 is 1.41 bits per heavy atom. The summed E-state index contributed by atoms with van der Waals surface area (Å²) < 4.78 is 25.8. The third kappa shape index (κ3) is 2.41. The largest absolute Gasteiger partial charge is 0.398 e. The first kappa shape index (κ1) is 12.3. The molecule has 17 heavy (non-hydrogen) atoms. The number of aliphatic hydroxyl groups is 1. The Labute approximate surface area is 100 Å². The summed E-state index contributed by atoms with van der Waals surface area (Å²) in [7, 11) is -3.58. The Hall–Kier alpha value is -1.18. The molecule has 0 unspecified atom stereocenters. The van der Waals surface area contributed by atoms with Crippen LogP contribution >= 0.6 is 0 Å². The highest BCUT2D eigenvalue weighted by Crippen LogP contribution is 2.23. The molecule has 1 aliphatic heterocycles. The van der Waals surface area contributed by atoms with Crippen LogP contribution < -0.4 is 5.73 Å². The van der Waals surface area contributed by atoms with Crippen molar-refractivity contribution >= 4 is 15.7 Å². The molecule has 7 heteroatoms. The van der Waals surface area contributed by atoms with Gasteiger partial charge in [0, 0.05) is 25.5 Å². The van der Waals surface area contributed by atoms with Crippen LogP contribution in [0.5, 0.6) is 0 Å². The van der Waals surface area contributed by atoms with Gasteiger partial charge in [-0.1, -0.05) is 0 Å². The minimum Gasteiger partial charge on any atom is -0.398 e. The van der Waals surface area contributed by atoms with Gasteiger partial charge in [-0.15, -0.1) is 0 Å². The van der Waals surface area contributed by atoms with Crippen molar-refractivity contribution in [2.24, 2.45) is 0 Å². The number of aliphatic hydroxyl groups excluding tert-OH is 1. The van der Waals surface area contributed by atoms with Gasteiger partial charge in [-0.2, -0.15) is 4.31 Å². The summed E-state index contributed by atoms with van der Waals surface area (Å²) in [5, 5.41) is 9.36. The van der Waals surface area contributed by atoms with E-state index in [0.29, 0.717) is 25.9 Å². The van der Waals surface area contributed by atoms with E-state index in [9.17, 15) is 13.5 Å². The lowest BCUT2D eigenvalue weighted by atomic mass is 10.1. The first-order chi connectivity index (χ1) is 8.01. The number of sulfonamides is 1. The zero-order valence-electron chi connectivity index (χ0n) is 9.28. The minimum absolute atomic E-state index is 0.0383. The topological polar surface area (TPSA) is 96.5 Å². The highest BCUT2D eigenvalue weighted by Gasteiger charge is 2.30. The fourth-order valence-electron chi connectivity index (χ4n) is 1.83. The van der Waals surface area contributed by atoms with Gasteiger partial charge in [0.25, 0.3) is 0 Å². The van der Waals surface area contributed by atoms with Crippen molar-refractivity contribution in [3.05, 3.63) is 18.5 Å². The van der Waals surface area contributed by atoms with Crippen LogP contribution in [0.2, 0.25) is 0 Å². The predicted molar refractivity (Wildman–Crippen MR) is 62.6 cm³/mol. The van der Waals surface area contributed by atoms with Crippen LogP contribution in [0.15, 0.2) is 23.4 Å². The van der Waals surface area contributed by atoms with E-state index >= 15 is 0 Å². The van der Waals surface area contributed by atoms with Gasteiger partial charge in [0.15, 0.2) is 0 Å². The van der Waals surface area contributed by atoms with Gasteiger partial charge in [0.05, 0.1) is 11.8 Å². The molecule has 1 fully saturated rings. The molecule has 0 atom stereocenters. The summed E-state index contributed by atoms with van der Waals surface area (Å²) in [6.45, 7) is 0.635. The first-order valence-corrected chi connectivity index (χ1v) is 6.83. The monoisotopic (exact) mass is 257 g/mol. The zero-order chi connectivity index (χ0) is 12.5. The van der Waals surface area contributed by atoms with E-state index in [1.165, 1.54) is 22.8 Å². The van der Waals surface area contributed by atoms with Gasteiger partial charge in [-0.05, 0) is 18.9 Å².